The van der Waals surface area contributed by atoms with Crippen molar-refractivity contribution in [3.05, 3.63) is 66.0 Å². The molecule has 0 unspecified atom stereocenters. The smallest absolute Gasteiger partial charge is 0.220 e. The zero-order valence-electron chi connectivity index (χ0n) is 16.2. The molecule has 0 bridgehead atoms. The second-order valence-corrected chi connectivity index (χ2v) is 7.73. The summed E-state index contributed by atoms with van der Waals surface area (Å²) in [4.78, 5) is 22.6. The summed E-state index contributed by atoms with van der Waals surface area (Å²) in [5.74, 6) is 1.52. The molecule has 1 aliphatic rings. The van der Waals surface area contributed by atoms with E-state index in [2.05, 4.69) is 50.5 Å². The lowest BCUT2D eigenvalue weighted by atomic mass is 9.97. The van der Waals surface area contributed by atoms with E-state index in [1.807, 2.05) is 24.3 Å². The Morgan fingerprint density at radius 2 is 1.96 bits per heavy atom. The van der Waals surface area contributed by atoms with Crippen LogP contribution in [0.15, 0.2) is 54.6 Å². The van der Waals surface area contributed by atoms with Gasteiger partial charge in [0, 0.05) is 32.5 Å². The lowest BCUT2D eigenvalue weighted by molar-refractivity contribution is -0.121. The van der Waals surface area contributed by atoms with Gasteiger partial charge in [0.1, 0.15) is 5.82 Å². The van der Waals surface area contributed by atoms with E-state index in [0.717, 1.165) is 43.0 Å². The zero-order valence-corrected chi connectivity index (χ0v) is 16.2. The molecule has 2 N–H and O–H groups in total. The number of para-hydroxylation sites is 2. The van der Waals surface area contributed by atoms with E-state index < -0.39 is 0 Å². The Morgan fingerprint density at radius 3 is 2.82 bits per heavy atom. The number of nitrogens with one attached hydrogen (secondary N) is 2. The zero-order chi connectivity index (χ0) is 19.2. The third kappa shape index (κ3) is 4.98. The molecule has 0 spiro atoms. The van der Waals surface area contributed by atoms with Crippen LogP contribution in [0.25, 0.3) is 11.0 Å². The van der Waals surface area contributed by atoms with Gasteiger partial charge in [0.05, 0.1) is 11.0 Å². The molecule has 0 radical (unpaired) electrons. The minimum absolute atomic E-state index is 0.112. The number of nitrogens with zero attached hydrogens (tertiary/aromatic N) is 2. The van der Waals surface area contributed by atoms with Gasteiger partial charge < -0.3 is 10.3 Å². The Labute approximate surface area is 166 Å². The summed E-state index contributed by atoms with van der Waals surface area (Å²) in [5.41, 5.74) is 3.34. The fraction of sp³-hybridized carbons (Fsp3) is 0.391. The van der Waals surface area contributed by atoms with Gasteiger partial charge in [-0.3, -0.25) is 9.69 Å². The first-order chi connectivity index (χ1) is 13.8. The summed E-state index contributed by atoms with van der Waals surface area (Å²) in [7, 11) is 0. The van der Waals surface area contributed by atoms with E-state index in [1.165, 1.54) is 18.4 Å². The topological polar surface area (TPSA) is 61.0 Å². The Balaban J connectivity index is 1.20. The molecule has 4 rings (SSSR count). The molecule has 0 saturated carbocycles. The fourth-order valence-electron chi connectivity index (χ4n) is 4.01. The maximum Gasteiger partial charge on any atom is 0.220 e. The van der Waals surface area contributed by atoms with Crippen LogP contribution in [0.2, 0.25) is 0 Å². The minimum Gasteiger partial charge on any atom is -0.356 e. The summed E-state index contributed by atoms with van der Waals surface area (Å²) in [6.07, 6.45) is 3.51. The van der Waals surface area contributed by atoms with Crippen LogP contribution in [0.5, 0.6) is 0 Å². The van der Waals surface area contributed by atoms with Gasteiger partial charge in [0.2, 0.25) is 5.91 Å². The van der Waals surface area contributed by atoms with Gasteiger partial charge in [-0.15, -0.1) is 0 Å². The molecule has 3 aromatic rings. The molecule has 1 aliphatic heterocycles. The van der Waals surface area contributed by atoms with Crippen LogP contribution in [-0.2, 0) is 17.8 Å². The third-order valence-electron chi connectivity index (χ3n) is 5.47. The first-order valence-electron chi connectivity index (χ1n) is 10.2. The van der Waals surface area contributed by atoms with Crippen molar-refractivity contribution in [2.24, 2.45) is 5.92 Å². The van der Waals surface area contributed by atoms with E-state index in [9.17, 15) is 4.79 Å². The van der Waals surface area contributed by atoms with Crippen molar-refractivity contribution in [2.45, 2.75) is 32.2 Å². The van der Waals surface area contributed by atoms with Crippen LogP contribution in [0.3, 0.4) is 0 Å². The molecule has 1 amide bonds. The summed E-state index contributed by atoms with van der Waals surface area (Å²) in [6.45, 7) is 3.96. The number of imidazole rings is 1. The van der Waals surface area contributed by atoms with Gasteiger partial charge in [0.25, 0.3) is 0 Å². The van der Waals surface area contributed by atoms with Crippen LogP contribution in [0, 0.1) is 5.92 Å². The van der Waals surface area contributed by atoms with Gasteiger partial charge in [-0.2, -0.15) is 0 Å². The molecule has 5 nitrogen and oxygen atoms in total. The van der Waals surface area contributed by atoms with Crippen LogP contribution in [0.4, 0.5) is 0 Å². The van der Waals surface area contributed by atoms with Crippen LogP contribution >= 0.6 is 0 Å². The number of H-pyrrole nitrogens is 1. The normalized spacial score (nSPS) is 17.6. The van der Waals surface area contributed by atoms with Crippen LogP contribution in [-0.4, -0.2) is 40.4 Å². The number of aryl methyl sites for hydroxylation is 1. The predicted molar refractivity (Wildman–Crippen MR) is 112 cm³/mol. The largest absolute Gasteiger partial charge is 0.356 e. The molecule has 28 heavy (non-hydrogen) atoms. The third-order valence-corrected chi connectivity index (χ3v) is 5.47. The Bertz CT molecular complexity index is 872. The first-order valence-corrected chi connectivity index (χ1v) is 10.2. The number of carbonyl (C=O) groups excluding carboxylic acids is 1. The molecular weight excluding hydrogens is 348 g/mol. The summed E-state index contributed by atoms with van der Waals surface area (Å²) in [6, 6.07) is 18.6. The van der Waals surface area contributed by atoms with Crippen molar-refractivity contribution in [3.63, 3.8) is 0 Å². The Hall–Kier alpha value is -2.66. The molecule has 5 heteroatoms. The van der Waals surface area contributed by atoms with Crippen LogP contribution in [0.1, 0.15) is 30.7 Å². The van der Waals surface area contributed by atoms with Gasteiger partial charge >= 0.3 is 0 Å². The monoisotopic (exact) mass is 376 g/mol. The highest BCUT2D eigenvalue weighted by Crippen LogP contribution is 2.18. The predicted octanol–water partition coefficient (Wildman–Crippen LogP) is 3.52. The number of piperidine rings is 1. The average molecular weight is 377 g/mol. The van der Waals surface area contributed by atoms with Gasteiger partial charge in [0.15, 0.2) is 0 Å². The summed E-state index contributed by atoms with van der Waals surface area (Å²) >= 11 is 0. The molecule has 2 heterocycles. The van der Waals surface area contributed by atoms with E-state index >= 15 is 0 Å². The van der Waals surface area contributed by atoms with Gasteiger partial charge in [-0.05, 0) is 43.0 Å². The van der Waals surface area contributed by atoms with Crippen molar-refractivity contribution in [1.29, 1.82) is 0 Å². The van der Waals surface area contributed by atoms with Crippen LogP contribution < -0.4 is 5.32 Å². The molecule has 1 fully saturated rings. The molecule has 0 aliphatic carbocycles. The van der Waals surface area contributed by atoms with Gasteiger partial charge in [-0.1, -0.05) is 42.5 Å². The molecule has 1 atom stereocenters. The quantitative estimate of drug-likeness (QED) is 0.663. The summed E-state index contributed by atoms with van der Waals surface area (Å²) in [5, 5.41) is 3.13. The summed E-state index contributed by atoms with van der Waals surface area (Å²) < 4.78 is 0. The lowest BCUT2D eigenvalue weighted by Gasteiger charge is -2.32. The average Bonchev–Trinajstić information content (AvgIpc) is 3.15. The van der Waals surface area contributed by atoms with Crippen molar-refractivity contribution in [3.8, 4) is 0 Å². The maximum atomic E-state index is 12.3. The number of rotatable bonds is 7. The SMILES string of the molecule is O=C(CCc1nc2ccccc2[nH]1)NC[C@H]1CCCN(Cc2ccccc2)C1. The number of amides is 1. The highest BCUT2D eigenvalue weighted by molar-refractivity contribution is 5.77. The van der Waals surface area contributed by atoms with Crippen molar-refractivity contribution < 1.29 is 4.79 Å². The minimum atomic E-state index is 0.112. The van der Waals surface area contributed by atoms with E-state index in [-0.39, 0.29) is 5.91 Å². The fourth-order valence-corrected chi connectivity index (χ4v) is 4.01. The number of likely N-dealkylation sites (tertiary alicyclic amines) is 1. The highest BCUT2D eigenvalue weighted by atomic mass is 16.1. The van der Waals surface area contributed by atoms with Crippen molar-refractivity contribution in [1.82, 2.24) is 20.2 Å². The number of carbonyl (C=O) groups is 1. The Morgan fingerprint density at radius 1 is 1.14 bits per heavy atom. The molecule has 1 saturated heterocycles. The standard InChI is InChI=1S/C23H28N4O/c28-23(13-12-22-25-20-10-4-5-11-21(20)26-22)24-15-19-9-6-14-27(17-19)16-18-7-2-1-3-8-18/h1-5,7-8,10-11,19H,6,9,12-17H2,(H,24,28)(H,25,26)/t19-/m1/s1. The number of aromatic amines is 1. The van der Waals surface area contributed by atoms with E-state index in [4.69, 9.17) is 0 Å². The molecule has 2 aromatic carbocycles. The molecule has 146 valence electrons. The number of fused-ring (bicyclic) bond motifs is 1. The highest BCUT2D eigenvalue weighted by Gasteiger charge is 2.20. The van der Waals surface area contributed by atoms with E-state index in [1.54, 1.807) is 0 Å². The second kappa shape index (κ2) is 9.02. The first kappa shape index (κ1) is 18.7. The number of aromatic nitrogens is 2. The Kier molecular flexibility index (Phi) is 6.02. The number of benzene rings is 2. The molecule has 1 aromatic heterocycles. The number of hydrogen-bond donors (Lipinski definition) is 2. The number of hydrogen-bond acceptors (Lipinski definition) is 3. The van der Waals surface area contributed by atoms with Crippen molar-refractivity contribution >= 4 is 16.9 Å². The van der Waals surface area contributed by atoms with Crippen molar-refractivity contribution in [2.75, 3.05) is 19.6 Å². The molecular formula is C23H28N4O. The second-order valence-electron chi connectivity index (χ2n) is 7.73. The van der Waals surface area contributed by atoms with Gasteiger partial charge in [-0.25, -0.2) is 4.98 Å². The lowest BCUT2D eigenvalue weighted by Crippen LogP contribution is -2.40. The van der Waals surface area contributed by atoms with E-state index in [0.29, 0.717) is 18.8 Å². The maximum absolute atomic E-state index is 12.3.